The van der Waals surface area contributed by atoms with Crippen molar-refractivity contribution in [3.05, 3.63) is 35.4 Å². The van der Waals surface area contributed by atoms with Crippen molar-refractivity contribution in [2.24, 2.45) is 5.92 Å². The molecule has 2 nitrogen and oxygen atoms in total. The van der Waals surface area contributed by atoms with E-state index in [2.05, 4.69) is 41.4 Å². The highest BCUT2D eigenvalue weighted by Crippen LogP contribution is 2.35. The SMILES string of the molecule is C[C@@H]1CCc2ccccc2[C@@H]1NC1CCN(C2CC2)CC1. The van der Waals surface area contributed by atoms with E-state index in [1.54, 1.807) is 11.1 Å². The van der Waals surface area contributed by atoms with E-state index in [1.807, 2.05) is 0 Å². The summed E-state index contributed by atoms with van der Waals surface area (Å²) in [5.74, 6) is 0.765. The van der Waals surface area contributed by atoms with E-state index in [9.17, 15) is 0 Å². The first-order valence-electron chi connectivity index (χ1n) is 8.89. The second-order valence-electron chi connectivity index (χ2n) is 7.40. The van der Waals surface area contributed by atoms with Gasteiger partial charge in [0.15, 0.2) is 0 Å². The molecule has 0 amide bonds. The Hall–Kier alpha value is -0.860. The summed E-state index contributed by atoms with van der Waals surface area (Å²) >= 11 is 0. The van der Waals surface area contributed by atoms with Crippen molar-refractivity contribution >= 4 is 0 Å². The lowest BCUT2D eigenvalue weighted by molar-refractivity contribution is 0.173. The minimum atomic E-state index is 0.576. The van der Waals surface area contributed by atoms with Crippen LogP contribution in [0, 0.1) is 5.92 Å². The minimum absolute atomic E-state index is 0.576. The molecule has 0 bridgehead atoms. The van der Waals surface area contributed by atoms with Crippen molar-refractivity contribution in [2.75, 3.05) is 13.1 Å². The van der Waals surface area contributed by atoms with Crippen molar-refractivity contribution in [3.8, 4) is 0 Å². The molecule has 1 aromatic carbocycles. The number of hydrogen-bond donors (Lipinski definition) is 1. The fourth-order valence-corrected chi connectivity index (χ4v) is 4.30. The van der Waals surface area contributed by atoms with Crippen LogP contribution in [0.1, 0.15) is 56.2 Å². The lowest BCUT2D eigenvalue weighted by Crippen LogP contribution is -2.46. The van der Waals surface area contributed by atoms with Gasteiger partial charge in [0.1, 0.15) is 0 Å². The number of nitrogens with one attached hydrogen (secondary N) is 1. The van der Waals surface area contributed by atoms with Crippen molar-refractivity contribution < 1.29 is 0 Å². The topological polar surface area (TPSA) is 15.3 Å². The Labute approximate surface area is 128 Å². The van der Waals surface area contributed by atoms with Gasteiger partial charge >= 0.3 is 0 Å². The van der Waals surface area contributed by atoms with Crippen molar-refractivity contribution in [2.45, 2.75) is 63.6 Å². The van der Waals surface area contributed by atoms with Crippen LogP contribution in [-0.2, 0) is 6.42 Å². The number of hydrogen-bond acceptors (Lipinski definition) is 2. The zero-order valence-electron chi connectivity index (χ0n) is 13.2. The van der Waals surface area contributed by atoms with Crippen LogP contribution in [0.15, 0.2) is 24.3 Å². The average molecular weight is 284 g/mol. The number of nitrogens with zero attached hydrogens (tertiary/aromatic N) is 1. The van der Waals surface area contributed by atoms with Crippen LogP contribution in [0.2, 0.25) is 0 Å². The van der Waals surface area contributed by atoms with Crippen LogP contribution in [0.5, 0.6) is 0 Å². The first-order chi connectivity index (χ1) is 10.3. The molecule has 1 heterocycles. The van der Waals surface area contributed by atoms with E-state index in [0.717, 1.165) is 18.0 Å². The van der Waals surface area contributed by atoms with Gasteiger partial charge in [-0.05, 0) is 68.7 Å². The third kappa shape index (κ3) is 2.89. The van der Waals surface area contributed by atoms with Gasteiger partial charge in [0.2, 0.25) is 0 Å². The fraction of sp³-hybridized carbons (Fsp3) is 0.684. The zero-order chi connectivity index (χ0) is 14.2. The molecule has 114 valence electrons. The monoisotopic (exact) mass is 284 g/mol. The molecule has 2 fully saturated rings. The second kappa shape index (κ2) is 5.73. The molecule has 1 N–H and O–H groups in total. The van der Waals surface area contributed by atoms with Gasteiger partial charge in [0, 0.05) is 18.1 Å². The smallest absolute Gasteiger partial charge is 0.0351 e. The predicted octanol–water partition coefficient (Wildman–Crippen LogP) is 3.53. The largest absolute Gasteiger partial charge is 0.307 e. The van der Waals surface area contributed by atoms with Crippen molar-refractivity contribution in [1.82, 2.24) is 10.2 Å². The van der Waals surface area contributed by atoms with Crippen LogP contribution in [0.3, 0.4) is 0 Å². The molecular weight excluding hydrogens is 256 g/mol. The normalized spacial score (nSPS) is 31.1. The summed E-state index contributed by atoms with van der Waals surface area (Å²) < 4.78 is 0. The summed E-state index contributed by atoms with van der Waals surface area (Å²) in [7, 11) is 0. The van der Waals surface area contributed by atoms with E-state index in [1.165, 1.54) is 51.6 Å². The maximum atomic E-state index is 4.02. The van der Waals surface area contributed by atoms with Crippen LogP contribution < -0.4 is 5.32 Å². The van der Waals surface area contributed by atoms with Crippen LogP contribution in [-0.4, -0.2) is 30.1 Å². The molecule has 4 rings (SSSR count). The first kappa shape index (κ1) is 13.8. The number of aryl methyl sites for hydroxylation is 1. The maximum Gasteiger partial charge on any atom is 0.0351 e. The maximum absolute atomic E-state index is 4.02. The van der Waals surface area contributed by atoms with Crippen molar-refractivity contribution in [1.29, 1.82) is 0 Å². The van der Waals surface area contributed by atoms with E-state index >= 15 is 0 Å². The van der Waals surface area contributed by atoms with E-state index in [4.69, 9.17) is 0 Å². The van der Waals surface area contributed by atoms with Gasteiger partial charge < -0.3 is 10.2 Å². The molecule has 2 aliphatic carbocycles. The number of likely N-dealkylation sites (tertiary alicyclic amines) is 1. The number of rotatable bonds is 3. The summed E-state index contributed by atoms with van der Waals surface area (Å²) in [6, 6.07) is 11.3. The van der Waals surface area contributed by atoms with Gasteiger partial charge in [0.05, 0.1) is 0 Å². The fourth-order valence-electron chi connectivity index (χ4n) is 4.30. The third-order valence-corrected chi connectivity index (χ3v) is 5.84. The molecule has 21 heavy (non-hydrogen) atoms. The molecule has 1 saturated carbocycles. The Bertz CT molecular complexity index is 486. The highest BCUT2D eigenvalue weighted by atomic mass is 15.2. The van der Waals surface area contributed by atoms with E-state index in [0.29, 0.717) is 6.04 Å². The summed E-state index contributed by atoms with van der Waals surface area (Å²) in [5, 5.41) is 4.02. The van der Waals surface area contributed by atoms with Crippen molar-refractivity contribution in [3.63, 3.8) is 0 Å². The Morgan fingerprint density at radius 2 is 1.76 bits per heavy atom. The second-order valence-corrected chi connectivity index (χ2v) is 7.40. The third-order valence-electron chi connectivity index (χ3n) is 5.84. The highest BCUT2D eigenvalue weighted by molar-refractivity contribution is 5.33. The van der Waals surface area contributed by atoms with Gasteiger partial charge in [0.25, 0.3) is 0 Å². The average Bonchev–Trinajstić information content (AvgIpc) is 3.36. The van der Waals surface area contributed by atoms with Gasteiger partial charge in [-0.15, -0.1) is 0 Å². The molecule has 1 saturated heterocycles. The standard InChI is InChI=1S/C19H28N2/c1-14-6-7-15-4-2-3-5-18(15)19(14)20-16-10-12-21(13-11-16)17-8-9-17/h2-5,14,16-17,19-20H,6-13H2,1H3/t14-,19-/m1/s1. The van der Waals surface area contributed by atoms with Crippen LogP contribution in [0.4, 0.5) is 0 Å². The van der Waals surface area contributed by atoms with Gasteiger partial charge in [-0.2, -0.15) is 0 Å². The van der Waals surface area contributed by atoms with Gasteiger partial charge in [-0.3, -0.25) is 0 Å². The molecule has 0 radical (unpaired) electrons. The number of fused-ring (bicyclic) bond motifs is 1. The molecule has 2 atom stereocenters. The summed E-state index contributed by atoms with van der Waals surface area (Å²) in [6.07, 6.45) is 8.16. The molecule has 3 aliphatic rings. The van der Waals surface area contributed by atoms with E-state index in [-0.39, 0.29) is 0 Å². The van der Waals surface area contributed by atoms with E-state index < -0.39 is 0 Å². The summed E-state index contributed by atoms with van der Waals surface area (Å²) in [6.45, 7) is 5.04. The molecule has 0 aromatic heterocycles. The Morgan fingerprint density at radius 3 is 2.52 bits per heavy atom. The van der Waals surface area contributed by atoms with Gasteiger partial charge in [-0.1, -0.05) is 31.2 Å². The highest BCUT2D eigenvalue weighted by Gasteiger charge is 2.33. The summed E-state index contributed by atoms with van der Waals surface area (Å²) in [5.41, 5.74) is 3.14. The lowest BCUT2D eigenvalue weighted by Gasteiger charge is -2.38. The zero-order valence-corrected chi connectivity index (χ0v) is 13.2. The quantitative estimate of drug-likeness (QED) is 0.913. The molecular formula is C19H28N2. The number of piperidine rings is 1. The van der Waals surface area contributed by atoms with Crippen LogP contribution >= 0.6 is 0 Å². The van der Waals surface area contributed by atoms with Crippen LogP contribution in [0.25, 0.3) is 0 Å². The first-order valence-corrected chi connectivity index (χ1v) is 8.89. The van der Waals surface area contributed by atoms with Gasteiger partial charge in [-0.25, -0.2) is 0 Å². The Morgan fingerprint density at radius 1 is 1.00 bits per heavy atom. The molecule has 0 unspecified atom stereocenters. The Balaban J connectivity index is 1.42. The number of benzene rings is 1. The minimum Gasteiger partial charge on any atom is -0.307 e. The lowest BCUT2D eigenvalue weighted by atomic mass is 9.80. The molecule has 1 aromatic rings. The molecule has 1 aliphatic heterocycles. The Kier molecular flexibility index (Phi) is 3.76. The molecule has 2 heteroatoms. The molecule has 0 spiro atoms. The summed E-state index contributed by atoms with van der Waals surface area (Å²) in [4.78, 5) is 2.72. The predicted molar refractivity (Wildman–Crippen MR) is 87.4 cm³/mol.